The first-order valence-electron chi connectivity index (χ1n) is 4.70. The van der Waals surface area contributed by atoms with Gasteiger partial charge < -0.3 is 9.47 Å². The van der Waals surface area contributed by atoms with E-state index in [1.807, 2.05) is 0 Å². The molecule has 15 heavy (non-hydrogen) atoms. The number of rotatable bonds is 6. The van der Waals surface area contributed by atoms with Crippen LogP contribution in [0.1, 0.15) is 5.56 Å². The average molecular weight is 208 g/mol. The summed E-state index contributed by atoms with van der Waals surface area (Å²) in [6, 6.07) is 7.20. The van der Waals surface area contributed by atoms with Crippen molar-refractivity contribution in [1.82, 2.24) is 0 Å². The van der Waals surface area contributed by atoms with Crippen LogP contribution in [-0.2, 0) is 4.74 Å². The minimum atomic E-state index is -0.461. The zero-order chi connectivity index (χ0) is 10.9. The van der Waals surface area contributed by atoms with E-state index in [1.165, 1.54) is 0 Å². The standard InChI is InChI=1S/C12H13FO2/c1-2-11-3-5-12(6-4-11)15-10-9-14-8-7-13/h1,3-6H,7-10H2. The second-order valence-corrected chi connectivity index (χ2v) is 2.82. The molecule has 0 aromatic heterocycles. The van der Waals surface area contributed by atoms with Gasteiger partial charge in [0.25, 0.3) is 0 Å². The van der Waals surface area contributed by atoms with Crippen molar-refractivity contribution < 1.29 is 13.9 Å². The number of ether oxygens (including phenoxy) is 2. The Morgan fingerprint density at radius 3 is 2.47 bits per heavy atom. The molecular weight excluding hydrogens is 195 g/mol. The third-order valence-corrected chi connectivity index (χ3v) is 1.74. The summed E-state index contributed by atoms with van der Waals surface area (Å²) < 4.78 is 21.9. The Balaban J connectivity index is 2.23. The monoisotopic (exact) mass is 208 g/mol. The van der Waals surface area contributed by atoms with Crippen LogP contribution < -0.4 is 4.74 Å². The zero-order valence-corrected chi connectivity index (χ0v) is 8.41. The molecule has 0 aliphatic carbocycles. The molecule has 0 aliphatic rings. The van der Waals surface area contributed by atoms with E-state index in [4.69, 9.17) is 15.9 Å². The van der Waals surface area contributed by atoms with Crippen LogP contribution in [0.5, 0.6) is 5.75 Å². The highest BCUT2D eigenvalue weighted by molar-refractivity contribution is 5.36. The van der Waals surface area contributed by atoms with Crippen LogP contribution in [0.25, 0.3) is 0 Å². The van der Waals surface area contributed by atoms with E-state index in [0.29, 0.717) is 13.2 Å². The van der Waals surface area contributed by atoms with Crippen molar-refractivity contribution in [2.75, 3.05) is 26.5 Å². The van der Waals surface area contributed by atoms with Gasteiger partial charge in [0.1, 0.15) is 19.0 Å². The fourth-order valence-electron chi connectivity index (χ4n) is 1.02. The molecule has 0 N–H and O–H groups in total. The van der Waals surface area contributed by atoms with Crippen molar-refractivity contribution in [1.29, 1.82) is 0 Å². The van der Waals surface area contributed by atoms with Crippen LogP contribution in [0.3, 0.4) is 0 Å². The van der Waals surface area contributed by atoms with Crippen LogP contribution in [0.4, 0.5) is 4.39 Å². The van der Waals surface area contributed by atoms with E-state index in [-0.39, 0.29) is 6.61 Å². The fraction of sp³-hybridized carbons (Fsp3) is 0.333. The smallest absolute Gasteiger partial charge is 0.119 e. The molecule has 80 valence electrons. The molecule has 1 rings (SSSR count). The molecule has 0 radical (unpaired) electrons. The van der Waals surface area contributed by atoms with Gasteiger partial charge in [0.2, 0.25) is 0 Å². The van der Waals surface area contributed by atoms with E-state index >= 15 is 0 Å². The minimum Gasteiger partial charge on any atom is -0.491 e. The molecule has 1 aromatic carbocycles. The molecule has 0 saturated heterocycles. The second kappa shape index (κ2) is 6.86. The molecule has 1 aromatic rings. The second-order valence-electron chi connectivity index (χ2n) is 2.82. The Morgan fingerprint density at radius 1 is 1.13 bits per heavy atom. The summed E-state index contributed by atoms with van der Waals surface area (Å²) >= 11 is 0. The lowest BCUT2D eigenvalue weighted by molar-refractivity contribution is 0.0897. The van der Waals surface area contributed by atoms with Gasteiger partial charge in [-0.25, -0.2) is 4.39 Å². The lowest BCUT2D eigenvalue weighted by Crippen LogP contribution is -2.08. The molecule has 0 spiro atoms. The molecule has 0 unspecified atom stereocenters. The molecule has 0 bridgehead atoms. The normalized spacial score (nSPS) is 9.60. The van der Waals surface area contributed by atoms with Crippen LogP contribution in [0.2, 0.25) is 0 Å². The summed E-state index contributed by atoms with van der Waals surface area (Å²) in [7, 11) is 0. The van der Waals surface area contributed by atoms with E-state index < -0.39 is 6.67 Å². The van der Waals surface area contributed by atoms with Gasteiger partial charge in [0, 0.05) is 5.56 Å². The number of hydrogen-bond donors (Lipinski definition) is 0. The largest absolute Gasteiger partial charge is 0.491 e. The third-order valence-electron chi connectivity index (χ3n) is 1.74. The first kappa shape index (κ1) is 11.5. The lowest BCUT2D eigenvalue weighted by Gasteiger charge is -2.05. The quantitative estimate of drug-likeness (QED) is 0.526. The number of alkyl halides is 1. The zero-order valence-electron chi connectivity index (χ0n) is 8.41. The average Bonchev–Trinajstić information content (AvgIpc) is 2.30. The number of terminal acetylenes is 1. The predicted octanol–water partition coefficient (Wildman–Crippen LogP) is 2.03. The van der Waals surface area contributed by atoms with Gasteiger partial charge in [-0.1, -0.05) is 5.92 Å². The Kier molecular flexibility index (Phi) is 5.28. The molecule has 0 aliphatic heterocycles. The van der Waals surface area contributed by atoms with Crippen LogP contribution in [-0.4, -0.2) is 26.5 Å². The number of benzene rings is 1. The summed E-state index contributed by atoms with van der Waals surface area (Å²) in [5, 5.41) is 0. The summed E-state index contributed by atoms with van der Waals surface area (Å²) in [5.41, 5.74) is 0.816. The summed E-state index contributed by atoms with van der Waals surface area (Å²) in [6.45, 7) is 0.465. The highest BCUT2D eigenvalue weighted by Crippen LogP contribution is 2.10. The Labute approximate surface area is 89.0 Å². The maximum atomic E-state index is 11.6. The summed E-state index contributed by atoms with van der Waals surface area (Å²) in [5.74, 6) is 3.25. The summed E-state index contributed by atoms with van der Waals surface area (Å²) in [4.78, 5) is 0. The van der Waals surface area contributed by atoms with Gasteiger partial charge >= 0.3 is 0 Å². The number of halogens is 1. The van der Waals surface area contributed by atoms with E-state index in [2.05, 4.69) is 5.92 Å². The lowest BCUT2D eigenvalue weighted by atomic mass is 10.2. The van der Waals surface area contributed by atoms with Crippen molar-refractivity contribution in [2.24, 2.45) is 0 Å². The minimum absolute atomic E-state index is 0.124. The third kappa shape index (κ3) is 4.48. The molecule has 0 amide bonds. The SMILES string of the molecule is C#Cc1ccc(OCCOCCF)cc1. The maximum Gasteiger partial charge on any atom is 0.119 e. The topological polar surface area (TPSA) is 18.5 Å². The fourth-order valence-corrected chi connectivity index (χ4v) is 1.02. The van der Waals surface area contributed by atoms with Gasteiger partial charge in [-0.15, -0.1) is 6.42 Å². The first-order valence-corrected chi connectivity index (χ1v) is 4.70. The maximum absolute atomic E-state index is 11.6. The van der Waals surface area contributed by atoms with E-state index in [0.717, 1.165) is 11.3 Å². The van der Waals surface area contributed by atoms with Gasteiger partial charge in [-0.05, 0) is 24.3 Å². The molecular formula is C12H13FO2. The van der Waals surface area contributed by atoms with Crippen molar-refractivity contribution in [2.45, 2.75) is 0 Å². The van der Waals surface area contributed by atoms with Crippen molar-refractivity contribution >= 4 is 0 Å². The molecule has 0 saturated carbocycles. The van der Waals surface area contributed by atoms with Crippen molar-refractivity contribution in [3.8, 4) is 18.1 Å². The van der Waals surface area contributed by atoms with Crippen molar-refractivity contribution in [3.05, 3.63) is 29.8 Å². The highest BCUT2D eigenvalue weighted by Gasteiger charge is 1.93. The van der Waals surface area contributed by atoms with Crippen LogP contribution in [0.15, 0.2) is 24.3 Å². The Hall–Kier alpha value is -1.53. The Bertz CT molecular complexity index is 313. The van der Waals surface area contributed by atoms with Gasteiger partial charge in [0.05, 0.1) is 13.2 Å². The molecule has 0 atom stereocenters. The van der Waals surface area contributed by atoms with Gasteiger partial charge in [0.15, 0.2) is 0 Å². The van der Waals surface area contributed by atoms with Crippen LogP contribution >= 0.6 is 0 Å². The van der Waals surface area contributed by atoms with Gasteiger partial charge in [-0.3, -0.25) is 0 Å². The van der Waals surface area contributed by atoms with Crippen molar-refractivity contribution in [3.63, 3.8) is 0 Å². The predicted molar refractivity (Wildman–Crippen MR) is 56.7 cm³/mol. The van der Waals surface area contributed by atoms with E-state index in [1.54, 1.807) is 24.3 Å². The molecule has 2 nitrogen and oxygen atoms in total. The molecule has 0 heterocycles. The van der Waals surface area contributed by atoms with E-state index in [9.17, 15) is 4.39 Å². The Morgan fingerprint density at radius 2 is 1.87 bits per heavy atom. The summed E-state index contributed by atoms with van der Waals surface area (Å²) in [6.07, 6.45) is 5.21. The molecule has 0 fully saturated rings. The van der Waals surface area contributed by atoms with Gasteiger partial charge in [-0.2, -0.15) is 0 Å². The van der Waals surface area contributed by atoms with Crippen LogP contribution in [0, 0.1) is 12.3 Å². The number of hydrogen-bond acceptors (Lipinski definition) is 2. The highest BCUT2D eigenvalue weighted by atomic mass is 19.1. The molecule has 3 heteroatoms. The first-order chi connectivity index (χ1) is 7.36.